The molecule has 0 bridgehead atoms. The van der Waals surface area contributed by atoms with Crippen molar-refractivity contribution in [1.82, 2.24) is 5.32 Å². The summed E-state index contributed by atoms with van der Waals surface area (Å²) in [5.41, 5.74) is 0. The first-order valence-corrected chi connectivity index (χ1v) is 5.67. The summed E-state index contributed by atoms with van der Waals surface area (Å²) >= 11 is 0. The third kappa shape index (κ3) is 4.40. The summed E-state index contributed by atoms with van der Waals surface area (Å²) in [6.45, 7) is 6.34. The Morgan fingerprint density at radius 1 is 1.36 bits per heavy atom. The van der Waals surface area contributed by atoms with Gasteiger partial charge >= 0.3 is 0 Å². The molecule has 3 heteroatoms. The highest BCUT2D eigenvalue weighted by atomic mass is 16.5. The van der Waals surface area contributed by atoms with Gasteiger partial charge in [0.25, 0.3) is 0 Å². The van der Waals surface area contributed by atoms with E-state index in [-0.39, 0.29) is 12.6 Å². The molecular formula is C11H23NO2. The van der Waals surface area contributed by atoms with E-state index in [1.54, 1.807) is 0 Å². The normalized spacial score (nSPS) is 21.4. The minimum Gasteiger partial charge on any atom is -0.395 e. The van der Waals surface area contributed by atoms with Gasteiger partial charge in [-0.3, -0.25) is 0 Å². The van der Waals surface area contributed by atoms with Crippen LogP contribution in [0.4, 0.5) is 0 Å². The van der Waals surface area contributed by atoms with Gasteiger partial charge in [-0.05, 0) is 25.2 Å². The maximum Gasteiger partial charge on any atom is 0.0584 e. The van der Waals surface area contributed by atoms with Crippen molar-refractivity contribution in [1.29, 1.82) is 0 Å². The molecule has 1 atom stereocenters. The quantitative estimate of drug-likeness (QED) is 0.701. The van der Waals surface area contributed by atoms with Gasteiger partial charge in [-0.15, -0.1) is 0 Å². The van der Waals surface area contributed by atoms with Crippen LogP contribution in [0, 0.1) is 5.92 Å². The molecule has 0 aromatic rings. The Morgan fingerprint density at radius 3 is 2.50 bits per heavy atom. The summed E-state index contributed by atoms with van der Waals surface area (Å²) in [6.07, 6.45) is 3.21. The van der Waals surface area contributed by atoms with E-state index in [1.165, 1.54) is 0 Å². The second kappa shape index (κ2) is 6.38. The molecule has 84 valence electrons. The molecule has 1 unspecified atom stereocenters. The van der Waals surface area contributed by atoms with E-state index in [2.05, 4.69) is 19.2 Å². The Bertz CT molecular complexity index is 144. The van der Waals surface area contributed by atoms with Gasteiger partial charge in [-0.2, -0.15) is 0 Å². The second-order valence-corrected chi connectivity index (χ2v) is 4.56. The van der Waals surface area contributed by atoms with Gasteiger partial charge in [0.2, 0.25) is 0 Å². The third-order valence-corrected chi connectivity index (χ3v) is 2.67. The summed E-state index contributed by atoms with van der Waals surface area (Å²) in [6, 6.07) is 0.803. The van der Waals surface area contributed by atoms with Gasteiger partial charge in [-0.25, -0.2) is 0 Å². The zero-order valence-corrected chi connectivity index (χ0v) is 9.33. The van der Waals surface area contributed by atoms with Crippen LogP contribution in [0.1, 0.15) is 33.1 Å². The van der Waals surface area contributed by atoms with Crippen molar-refractivity contribution in [2.75, 3.05) is 19.8 Å². The Balaban J connectivity index is 2.23. The Labute approximate surface area is 86.8 Å². The SMILES string of the molecule is CC(C)CC(CO)NC1CCOCC1. The Hall–Kier alpha value is -0.120. The van der Waals surface area contributed by atoms with E-state index in [9.17, 15) is 5.11 Å². The van der Waals surface area contributed by atoms with Crippen LogP contribution in [0.2, 0.25) is 0 Å². The van der Waals surface area contributed by atoms with E-state index in [0.29, 0.717) is 12.0 Å². The fraction of sp³-hybridized carbons (Fsp3) is 1.00. The lowest BCUT2D eigenvalue weighted by molar-refractivity contribution is 0.0701. The van der Waals surface area contributed by atoms with E-state index in [1.807, 2.05) is 0 Å². The van der Waals surface area contributed by atoms with Crippen LogP contribution in [-0.4, -0.2) is 37.0 Å². The third-order valence-electron chi connectivity index (χ3n) is 2.67. The molecule has 0 radical (unpaired) electrons. The summed E-state index contributed by atoms with van der Waals surface area (Å²) < 4.78 is 5.29. The lowest BCUT2D eigenvalue weighted by Crippen LogP contribution is -2.44. The zero-order chi connectivity index (χ0) is 10.4. The van der Waals surface area contributed by atoms with Gasteiger partial charge in [0.05, 0.1) is 6.61 Å². The molecule has 3 nitrogen and oxygen atoms in total. The van der Waals surface area contributed by atoms with Crippen LogP contribution in [-0.2, 0) is 4.74 Å². The molecule has 1 saturated heterocycles. The van der Waals surface area contributed by atoms with Gasteiger partial charge < -0.3 is 15.2 Å². The van der Waals surface area contributed by atoms with Crippen LogP contribution in [0.5, 0.6) is 0 Å². The van der Waals surface area contributed by atoms with Crippen LogP contribution >= 0.6 is 0 Å². The largest absolute Gasteiger partial charge is 0.395 e. The van der Waals surface area contributed by atoms with Crippen molar-refractivity contribution >= 4 is 0 Å². The molecule has 2 N–H and O–H groups in total. The topological polar surface area (TPSA) is 41.5 Å². The summed E-state index contributed by atoms with van der Waals surface area (Å²) in [7, 11) is 0. The minimum absolute atomic E-state index is 0.246. The van der Waals surface area contributed by atoms with Crippen molar-refractivity contribution in [2.45, 2.75) is 45.2 Å². The Morgan fingerprint density at radius 2 is 2.00 bits per heavy atom. The van der Waals surface area contributed by atoms with Gasteiger partial charge in [0, 0.05) is 25.3 Å². The fourth-order valence-electron chi connectivity index (χ4n) is 1.96. The molecule has 1 heterocycles. The summed E-state index contributed by atoms with van der Waals surface area (Å²) in [4.78, 5) is 0. The number of nitrogens with one attached hydrogen (secondary N) is 1. The molecule has 1 aliphatic rings. The highest BCUT2D eigenvalue weighted by molar-refractivity contribution is 4.76. The van der Waals surface area contributed by atoms with E-state index >= 15 is 0 Å². The number of hydrogen-bond acceptors (Lipinski definition) is 3. The van der Waals surface area contributed by atoms with E-state index in [0.717, 1.165) is 32.5 Å². The lowest BCUT2D eigenvalue weighted by Gasteiger charge is -2.28. The zero-order valence-electron chi connectivity index (χ0n) is 9.33. The highest BCUT2D eigenvalue weighted by Crippen LogP contribution is 2.10. The Kier molecular flexibility index (Phi) is 5.45. The predicted octanol–water partition coefficient (Wildman–Crippen LogP) is 1.16. The molecule has 0 saturated carbocycles. The molecule has 0 aliphatic carbocycles. The second-order valence-electron chi connectivity index (χ2n) is 4.56. The molecule has 0 amide bonds. The predicted molar refractivity (Wildman–Crippen MR) is 57.3 cm³/mol. The number of rotatable bonds is 5. The average Bonchev–Trinajstić information content (AvgIpc) is 2.17. The monoisotopic (exact) mass is 201 g/mol. The molecule has 0 aromatic heterocycles. The number of aliphatic hydroxyl groups is 1. The average molecular weight is 201 g/mol. The minimum atomic E-state index is 0.246. The van der Waals surface area contributed by atoms with Crippen molar-refractivity contribution in [2.24, 2.45) is 5.92 Å². The molecule has 1 rings (SSSR count). The molecule has 1 fully saturated rings. The smallest absolute Gasteiger partial charge is 0.0584 e. The maximum atomic E-state index is 9.21. The van der Waals surface area contributed by atoms with Crippen LogP contribution < -0.4 is 5.32 Å². The van der Waals surface area contributed by atoms with Crippen LogP contribution in [0.15, 0.2) is 0 Å². The van der Waals surface area contributed by atoms with E-state index < -0.39 is 0 Å². The lowest BCUT2D eigenvalue weighted by atomic mass is 10.0. The van der Waals surface area contributed by atoms with Crippen LogP contribution in [0.3, 0.4) is 0 Å². The van der Waals surface area contributed by atoms with Gasteiger partial charge in [-0.1, -0.05) is 13.8 Å². The number of aliphatic hydroxyl groups excluding tert-OH is 1. The standard InChI is InChI=1S/C11H23NO2/c1-9(2)7-11(8-13)12-10-3-5-14-6-4-10/h9-13H,3-8H2,1-2H3. The van der Waals surface area contributed by atoms with Crippen molar-refractivity contribution in [3.05, 3.63) is 0 Å². The number of hydrogen-bond donors (Lipinski definition) is 2. The summed E-state index contributed by atoms with van der Waals surface area (Å²) in [5, 5.41) is 12.7. The van der Waals surface area contributed by atoms with Gasteiger partial charge in [0.1, 0.15) is 0 Å². The molecule has 0 aromatic carbocycles. The first-order chi connectivity index (χ1) is 6.72. The molecule has 1 aliphatic heterocycles. The van der Waals surface area contributed by atoms with Crippen molar-refractivity contribution < 1.29 is 9.84 Å². The molecule has 0 spiro atoms. The molecular weight excluding hydrogens is 178 g/mol. The van der Waals surface area contributed by atoms with Gasteiger partial charge in [0.15, 0.2) is 0 Å². The highest BCUT2D eigenvalue weighted by Gasteiger charge is 2.18. The molecule has 14 heavy (non-hydrogen) atoms. The van der Waals surface area contributed by atoms with Crippen LogP contribution in [0.25, 0.3) is 0 Å². The fourth-order valence-corrected chi connectivity index (χ4v) is 1.96. The first-order valence-electron chi connectivity index (χ1n) is 5.67. The number of ether oxygens (including phenoxy) is 1. The van der Waals surface area contributed by atoms with Crippen molar-refractivity contribution in [3.8, 4) is 0 Å². The summed E-state index contributed by atoms with van der Waals surface area (Å²) in [5.74, 6) is 0.638. The van der Waals surface area contributed by atoms with E-state index in [4.69, 9.17) is 4.74 Å². The first kappa shape index (κ1) is 12.0. The maximum absolute atomic E-state index is 9.21. The van der Waals surface area contributed by atoms with Crippen molar-refractivity contribution in [3.63, 3.8) is 0 Å².